The van der Waals surface area contributed by atoms with Gasteiger partial charge in [0.1, 0.15) is 5.75 Å². The Balaban J connectivity index is 1.95. The molecule has 2 aromatic carbocycles. The number of benzene rings is 2. The van der Waals surface area contributed by atoms with Crippen LogP contribution in [0.4, 0.5) is 5.69 Å². The molecule has 3 nitrogen and oxygen atoms in total. The van der Waals surface area contributed by atoms with Gasteiger partial charge in [0.15, 0.2) is 0 Å². The molecule has 0 aliphatic rings. The van der Waals surface area contributed by atoms with E-state index < -0.39 is 0 Å². The molecule has 0 saturated heterocycles. The summed E-state index contributed by atoms with van der Waals surface area (Å²) in [5.74, 6) is 1.54. The minimum atomic E-state index is 0.0297. The van der Waals surface area contributed by atoms with Crippen LogP contribution in [0.1, 0.15) is 74.6 Å². The number of aryl methyl sites for hydroxylation is 2. The molecule has 1 amide bonds. The number of halogens is 1. The number of hydrogen-bond donors (Lipinski definition) is 1. The van der Waals surface area contributed by atoms with Gasteiger partial charge in [0.05, 0.1) is 6.61 Å². The molecular formula is C24H32ClNO2. The summed E-state index contributed by atoms with van der Waals surface area (Å²) in [6, 6.07) is 10.1. The number of ether oxygens (including phenoxy) is 1. The summed E-state index contributed by atoms with van der Waals surface area (Å²) in [5, 5.41) is 3.93. The van der Waals surface area contributed by atoms with Crippen LogP contribution >= 0.6 is 11.6 Å². The van der Waals surface area contributed by atoms with Crippen molar-refractivity contribution in [3.63, 3.8) is 0 Å². The van der Waals surface area contributed by atoms with Gasteiger partial charge in [-0.2, -0.15) is 0 Å². The monoisotopic (exact) mass is 401 g/mol. The van der Waals surface area contributed by atoms with E-state index in [1.165, 1.54) is 11.1 Å². The fraction of sp³-hybridized carbons (Fsp3) is 0.458. The largest absolute Gasteiger partial charge is 0.494 e. The zero-order chi connectivity index (χ0) is 20.8. The van der Waals surface area contributed by atoms with Gasteiger partial charge < -0.3 is 10.1 Å². The van der Waals surface area contributed by atoms with E-state index in [2.05, 4.69) is 51.2 Å². The number of hydrogen-bond acceptors (Lipinski definition) is 2. The van der Waals surface area contributed by atoms with E-state index in [1.807, 2.05) is 26.0 Å². The number of nitrogens with one attached hydrogen (secondary N) is 1. The number of rotatable bonds is 8. The van der Waals surface area contributed by atoms with E-state index in [0.29, 0.717) is 31.3 Å². The van der Waals surface area contributed by atoms with Gasteiger partial charge in [0, 0.05) is 17.1 Å². The number of carbonyl (C=O) groups excluding carboxylic acids is 1. The number of anilines is 1. The van der Waals surface area contributed by atoms with Gasteiger partial charge in [-0.15, -0.1) is 0 Å². The fourth-order valence-corrected chi connectivity index (χ4v) is 3.42. The molecular weight excluding hydrogens is 370 g/mol. The molecule has 0 unspecified atom stereocenters. The molecule has 0 aliphatic heterocycles. The maximum absolute atomic E-state index is 12.5. The van der Waals surface area contributed by atoms with Crippen LogP contribution in [0, 0.1) is 13.8 Å². The first kappa shape index (κ1) is 22.3. The van der Waals surface area contributed by atoms with Crippen molar-refractivity contribution in [2.24, 2.45) is 0 Å². The maximum atomic E-state index is 12.5. The molecule has 2 rings (SSSR count). The smallest absolute Gasteiger partial charge is 0.224 e. The fourth-order valence-electron chi connectivity index (χ4n) is 3.31. The van der Waals surface area contributed by atoms with E-state index in [-0.39, 0.29) is 5.91 Å². The Labute approximate surface area is 174 Å². The summed E-state index contributed by atoms with van der Waals surface area (Å²) < 4.78 is 5.81. The zero-order valence-electron chi connectivity index (χ0n) is 17.9. The van der Waals surface area contributed by atoms with Crippen molar-refractivity contribution in [3.8, 4) is 5.75 Å². The van der Waals surface area contributed by atoms with Crippen LogP contribution in [-0.4, -0.2) is 12.5 Å². The van der Waals surface area contributed by atoms with Crippen molar-refractivity contribution < 1.29 is 9.53 Å². The molecule has 4 heteroatoms. The molecule has 152 valence electrons. The lowest BCUT2D eigenvalue weighted by Crippen LogP contribution is -2.16. The van der Waals surface area contributed by atoms with Crippen LogP contribution in [0.15, 0.2) is 30.3 Å². The summed E-state index contributed by atoms with van der Waals surface area (Å²) in [6.45, 7) is 13.0. The summed E-state index contributed by atoms with van der Waals surface area (Å²) in [6.07, 6.45) is 1.09. The van der Waals surface area contributed by atoms with E-state index >= 15 is 0 Å². The van der Waals surface area contributed by atoms with Gasteiger partial charge in [-0.25, -0.2) is 0 Å². The molecule has 0 spiro atoms. The first-order chi connectivity index (χ1) is 13.2. The normalized spacial score (nSPS) is 11.2. The molecule has 0 fully saturated rings. The van der Waals surface area contributed by atoms with Crippen molar-refractivity contribution in [3.05, 3.63) is 57.6 Å². The van der Waals surface area contributed by atoms with Gasteiger partial charge in [0.25, 0.3) is 0 Å². The molecule has 0 bridgehead atoms. The lowest BCUT2D eigenvalue weighted by molar-refractivity contribution is -0.116. The van der Waals surface area contributed by atoms with Gasteiger partial charge in [-0.3, -0.25) is 4.79 Å². The summed E-state index contributed by atoms with van der Waals surface area (Å²) in [7, 11) is 0. The molecule has 28 heavy (non-hydrogen) atoms. The van der Waals surface area contributed by atoms with E-state index in [4.69, 9.17) is 16.3 Å². The predicted octanol–water partition coefficient (Wildman–Crippen LogP) is 7.00. The van der Waals surface area contributed by atoms with Crippen molar-refractivity contribution in [1.29, 1.82) is 0 Å². The Kier molecular flexibility index (Phi) is 7.94. The van der Waals surface area contributed by atoms with Crippen molar-refractivity contribution in [2.75, 3.05) is 11.9 Å². The highest BCUT2D eigenvalue weighted by molar-refractivity contribution is 6.32. The number of para-hydroxylation sites is 1. The molecule has 2 aromatic rings. The third-order valence-corrected chi connectivity index (χ3v) is 5.46. The van der Waals surface area contributed by atoms with E-state index in [1.54, 1.807) is 0 Å². The molecule has 0 atom stereocenters. The van der Waals surface area contributed by atoms with Crippen LogP contribution in [0.3, 0.4) is 0 Å². The average Bonchev–Trinajstić information content (AvgIpc) is 2.63. The van der Waals surface area contributed by atoms with Crippen LogP contribution in [0.5, 0.6) is 5.75 Å². The standard InChI is InChI=1S/C24H32ClNO2/c1-15(2)20-9-7-10-21(16(3)4)24(20)26-22(27)11-8-12-28-19-13-17(5)23(25)18(6)14-19/h7,9-10,13-16H,8,11-12H2,1-6H3,(H,26,27). The van der Waals surface area contributed by atoms with Gasteiger partial charge >= 0.3 is 0 Å². The summed E-state index contributed by atoms with van der Waals surface area (Å²) in [5.41, 5.74) is 5.34. The lowest BCUT2D eigenvalue weighted by Gasteiger charge is -2.20. The molecule has 1 N–H and O–H groups in total. The first-order valence-electron chi connectivity index (χ1n) is 10.0. The predicted molar refractivity (Wildman–Crippen MR) is 119 cm³/mol. The molecule has 0 aromatic heterocycles. The molecule has 0 saturated carbocycles. The van der Waals surface area contributed by atoms with E-state index in [9.17, 15) is 4.79 Å². The second-order valence-corrected chi connectivity index (χ2v) is 8.37. The van der Waals surface area contributed by atoms with Gasteiger partial charge in [0.2, 0.25) is 5.91 Å². The molecule has 0 radical (unpaired) electrons. The number of carbonyl (C=O) groups is 1. The summed E-state index contributed by atoms with van der Waals surface area (Å²) >= 11 is 6.19. The maximum Gasteiger partial charge on any atom is 0.224 e. The van der Waals surface area contributed by atoms with Crippen molar-refractivity contribution >= 4 is 23.2 Å². The van der Waals surface area contributed by atoms with Gasteiger partial charge in [-0.05, 0) is 66.5 Å². The average molecular weight is 402 g/mol. The minimum absolute atomic E-state index is 0.0297. The Morgan fingerprint density at radius 2 is 1.57 bits per heavy atom. The molecule has 0 heterocycles. The van der Waals surface area contributed by atoms with Gasteiger partial charge in [-0.1, -0.05) is 57.5 Å². The summed E-state index contributed by atoms with van der Waals surface area (Å²) in [4.78, 5) is 12.5. The zero-order valence-corrected chi connectivity index (χ0v) is 18.6. The highest BCUT2D eigenvalue weighted by Gasteiger charge is 2.15. The van der Waals surface area contributed by atoms with Crippen LogP contribution in [0.25, 0.3) is 0 Å². The third kappa shape index (κ3) is 5.75. The minimum Gasteiger partial charge on any atom is -0.494 e. The highest BCUT2D eigenvalue weighted by atomic mass is 35.5. The third-order valence-electron chi connectivity index (χ3n) is 4.86. The second kappa shape index (κ2) is 9.97. The van der Waals surface area contributed by atoms with E-state index in [0.717, 1.165) is 27.6 Å². The Bertz CT molecular complexity index is 778. The number of amides is 1. The highest BCUT2D eigenvalue weighted by Crippen LogP contribution is 2.32. The Morgan fingerprint density at radius 1 is 1.04 bits per heavy atom. The lowest BCUT2D eigenvalue weighted by atomic mass is 9.92. The Hall–Kier alpha value is -2.00. The quantitative estimate of drug-likeness (QED) is 0.483. The van der Waals surface area contributed by atoms with Crippen LogP contribution in [0.2, 0.25) is 5.02 Å². The van der Waals surface area contributed by atoms with Crippen molar-refractivity contribution in [1.82, 2.24) is 0 Å². The second-order valence-electron chi connectivity index (χ2n) is 7.99. The first-order valence-corrected chi connectivity index (χ1v) is 10.4. The van der Waals surface area contributed by atoms with Crippen LogP contribution < -0.4 is 10.1 Å². The molecule has 0 aliphatic carbocycles. The SMILES string of the molecule is Cc1cc(OCCCC(=O)Nc2c(C(C)C)cccc2C(C)C)cc(C)c1Cl. The topological polar surface area (TPSA) is 38.3 Å². The van der Waals surface area contributed by atoms with Crippen molar-refractivity contribution in [2.45, 2.75) is 66.2 Å². The Morgan fingerprint density at radius 3 is 2.07 bits per heavy atom. The van der Waals surface area contributed by atoms with Crippen LogP contribution in [-0.2, 0) is 4.79 Å².